The molecule has 0 aromatic heterocycles. The SMILES string of the molecule is CC1NC(=O)NC1=O.Cc1cc2cc(c1)C2CC#CI. The molecular formula is C15H15IN2O2. The Morgan fingerprint density at radius 2 is 1.90 bits per heavy atom. The van der Waals surface area contributed by atoms with Gasteiger partial charge in [0, 0.05) is 34.9 Å². The Bertz CT molecular complexity index is 594. The zero-order chi connectivity index (χ0) is 14.7. The fourth-order valence-electron chi connectivity index (χ4n) is 2.24. The minimum atomic E-state index is -0.400. The standard InChI is InChI=1S/C11H9I.C4H6N2O2/c1-8-5-9-7-10(6-8)11(9)3-2-4-12;1-2-3(7)6-4(8)5-2/h5-7,11H,3H2,1H3;2H,1H3,(H2,5,6,7,8). The molecule has 2 aliphatic carbocycles. The van der Waals surface area contributed by atoms with Crippen LogP contribution in [0.25, 0.3) is 0 Å². The third-order valence-electron chi connectivity index (χ3n) is 3.28. The maximum atomic E-state index is 10.4. The highest BCUT2D eigenvalue weighted by molar-refractivity contribution is 14.1. The monoisotopic (exact) mass is 382 g/mol. The molecule has 3 amide bonds. The van der Waals surface area contributed by atoms with Gasteiger partial charge in [0.25, 0.3) is 0 Å². The van der Waals surface area contributed by atoms with E-state index in [1.54, 1.807) is 6.92 Å². The summed E-state index contributed by atoms with van der Waals surface area (Å²) in [6, 6.07) is 6.01. The second kappa shape index (κ2) is 6.27. The van der Waals surface area contributed by atoms with Crippen molar-refractivity contribution in [2.24, 2.45) is 0 Å². The van der Waals surface area contributed by atoms with Crippen molar-refractivity contribution in [3.8, 4) is 9.85 Å². The van der Waals surface area contributed by atoms with Crippen LogP contribution in [0.1, 0.15) is 36.0 Å². The van der Waals surface area contributed by atoms with Crippen molar-refractivity contribution in [2.75, 3.05) is 0 Å². The summed E-state index contributed by atoms with van der Waals surface area (Å²) >= 11 is 2.09. The average Bonchev–Trinajstić information content (AvgIpc) is 2.67. The molecule has 0 saturated carbocycles. The van der Waals surface area contributed by atoms with Gasteiger partial charge in [0.15, 0.2) is 0 Å². The average molecular weight is 382 g/mol. The lowest BCUT2D eigenvalue weighted by molar-refractivity contribution is -0.119. The summed E-state index contributed by atoms with van der Waals surface area (Å²) in [4.78, 5) is 20.6. The van der Waals surface area contributed by atoms with Crippen LogP contribution in [0.2, 0.25) is 0 Å². The van der Waals surface area contributed by atoms with Gasteiger partial charge in [-0.2, -0.15) is 0 Å². The molecule has 2 N–H and O–H groups in total. The molecule has 1 aliphatic heterocycles. The van der Waals surface area contributed by atoms with Crippen LogP contribution in [0.4, 0.5) is 4.79 Å². The van der Waals surface area contributed by atoms with Crippen molar-refractivity contribution in [1.29, 1.82) is 0 Å². The number of nitrogens with one attached hydrogen (secondary N) is 2. The van der Waals surface area contributed by atoms with Gasteiger partial charge in [0.05, 0.1) is 0 Å². The van der Waals surface area contributed by atoms with E-state index in [0.29, 0.717) is 5.92 Å². The van der Waals surface area contributed by atoms with E-state index in [1.165, 1.54) is 16.7 Å². The van der Waals surface area contributed by atoms with Gasteiger partial charge < -0.3 is 5.32 Å². The van der Waals surface area contributed by atoms with Crippen LogP contribution >= 0.6 is 22.6 Å². The number of aryl methyl sites for hydroxylation is 1. The van der Waals surface area contributed by atoms with Gasteiger partial charge in [-0.05, 0) is 28.9 Å². The highest BCUT2D eigenvalue weighted by Gasteiger charge is 2.24. The van der Waals surface area contributed by atoms with Crippen LogP contribution in [0, 0.1) is 16.8 Å². The van der Waals surface area contributed by atoms with E-state index in [4.69, 9.17) is 0 Å². The summed E-state index contributed by atoms with van der Waals surface area (Å²) in [6.45, 7) is 3.77. The number of carbonyl (C=O) groups excluding carboxylic acids is 2. The van der Waals surface area contributed by atoms with Crippen molar-refractivity contribution in [2.45, 2.75) is 32.2 Å². The van der Waals surface area contributed by atoms with Crippen molar-refractivity contribution in [3.05, 3.63) is 34.9 Å². The van der Waals surface area contributed by atoms with Crippen molar-refractivity contribution in [3.63, 3.8) is 0 Å². The van der Waals surface area contributed by atoms with Crippen LogP contribution in [0.3, 0.4) is 0 Å². The van der Waals surface area contributed by atoms with Gasteiger partial charge in [0.1, 0.15) is 6.04 Å². The largest absolute Gasteiger partial charge is 0.326 e. The van der Waals surface area contributed by atoms with Gasteiger partial charge in [-0.3, -0.25) is 10.1 Å². The minimum absolute atomic E-state index is 0.255. The lowest BCUT2D eigenvalue weighted by atomic mass is 9.77. The molecule has 1 aromatic carbocycles. The van der Waals surface area contributed by atoms with Gasteiger partial charge in [-0.25, -0.2) is 4.79 Å². The zero-order valence-electron chi connectivity index (χ0n) is 11.3. The maximum Gasteiger partial charge on any atom is 0.322 e. The second-order valence-corrected chi connectivity index (χ2v) is 5.43. The first-order chi connectivity index (χ1) is 9.51. The summed E-state index contributed by atoms with van der Waals surface area (Å²) in [5.74, 6) is 3.49. The first-order valence-corrected chi connectivity index (χ1v) is 7.40. The maximum absolute atomic E-state index is 10.4. The summed E-state index contributed by atoms with van der Waals surface area (Å²) in [5, 5.41) is 4.44. The van der Waals surface area contributed by atoms with Crippen LogP contribution in [0.15, 0.2) is 18.2 Å². The molecule has 1 aromatic rings. The molecule has 2 bridgehead atoms. The van der Waals surface area contributed by atoms with Crippen LogP contribution in [-0.4, -0.2) is 18.0 Å². The lowest BCUT2D eigenvalue weighted by Crippen LogP contribution is -2.24. The molecule has 5 heteroatoms. The normalized spacial score (nSPS) is 18.9. The highest BCUT2D eigenvalue weighted by Crippen LogP contribution is 2.38. The van der Waals surface area contributed by atoms with Crippen molar-refractivity contribution in [1.82, 2.24) is 10.6 Å². The fourth-order valence-corrected chi connectivity index (χ4v) is 2.46. The number of imide groups is 1. The van der Waals surface area contributed by atoms with Crippen molar-refractivity contribution < 1.29 is 9.59 Å². The van der Waals surface area contributed by atoms with E-state index in [-0.39, 0.29) is 11.9 Å². The van der Waals surface area contributed by atoms with Crippen molar-refractivity contribution >= 4 is 34.5 Å². The van der Waals surface area contributed by atoms with E-state index in [1.807, 2.05) is 0 Å². The fraction of sp³-hybridized carbons (Fsp3) is 0.333. The molecule has 1 heterocycles. The molecular weight excluding hydrogens is 367 g/mol. The smallest absolute Gasteiger partial charge is 0.322 e. The second-order valence-electron chi connectivity index (χ2n) is 4.89. The Labute approximate surface area is 131 Å². The molecule has 0 spiro atoms. The lowest BCUT2D eigenvalue weighted by Gasteiger charge is -2.26. The Morgan fingerprint density at radius 1 is 1.25 bits per heavy atom. The van der Waals surface area contributed by atoms with Gasteiger partial charge in [-0.15, -0.1) is 0 Å². The topological polar surface area (TPSA) is 58.2 Å². The first-order valence-electron chi connectivity index (χ1n) is 6.32. The molecule has 1 fully saturated rings. The Morgan fingerprint density at radius 3 is 2.30 bits per heavy atom. The Hall–Kier alpha value is -1.55. The van der Waals surface area contributed by atoms with E-state index >= 15 is 0 Å². The van der Waals surface area contributed by atoms with Crippen LogP contribution in [0.5, 0.6) is 0 Å². The third kappa shape index (κ3) is 3.31. The molecule has 1 unspecified atom stereocenters. The molecule has 3 aliphatic rings. The Kier molecular flexibility index (Phi) is 4.65. The summed E-state index contributed by atoms with van der Waals surface area (Å²) < 4.78 is 2.91. The summed E-state index contributed by atoms with van der Waals surface area (Å²) in [6.07, 6.45) is 0.990. The molecule has 4 rings (SSSR count). The van der Waals surface area contributed by atoms with Crippen LogP contribution < -0.4 is 10.6 Å². The Balaban J connectivity index is 0.000000160. The predicted octanol–water partition coefficient (Wildman–Crippen LogP) is 2.44. The number of halogens is 1. The molecule has 1 saturated heterocycles. The molecule has 1 atom stereocenters. The van der Waals surface area contributed by atoms with E-state index in [2.05, 4.69) is 68.2 Å². The zero-order valence-corrected chi connectivity index (χ0v) is 13.4. The minimum Gasteiger partial charge on any atom is -0.326 e. The quantitative estimate of drug-likeness (QED) is 0.446. The van der Waals surface area contributed by atoms with Gasteiger partial charge in [-0.1, -0.05) is 29.7 Å². The van der Waals surface area contributed by atoms with Gasteiger partial charge >= 0.3 is 6.03 Å². The number of hydrogen-bond acceptors (Lipinski definition) is 2. The first kappa shape index (κ1) is 14.9. The van der Waals surface area contributed by atoms with Crippen LogP contribution in [-0.2, 0) is 4.79 Å². The van der Waals surface area contributed by atoms with Gasteiger partial charge in [0.2, 0.25) is 5.91 Å². The van der Waals surface area contributed by atoms with E-state index in [0.717, 1.165) is 6.42 Å². The molecule has 20 heavy (non-hydrogen) atoms. The number of rotatable bonds is 1. The molecule has 4 nitrogen and oxygen atoms in total. The number of urea groups is 1. The number of benzene rings is 1. The van der Waals surface area contributed by atoms with E-state index < -0.39 is 6.03 Å². The number of hydrogen-bond donors (Lipinski definition) is 2. The summed E-state index contributed by atoms with van der Waals surface area (Å²) in [7, 11) is 0. The highest BCUT2D eigenvalue weighted by atomic mass is 127. The number of amides is 3. The number of carbonyl (C=O) groups is 2. The third-order valence-corrected chi connectivity index (χ3v) is 3.66. The van der Waals surface area contributed by atoms with E-state index in [9.17, 15) is 9.59 Å². The summed E-state index contributed by atoms with van der Waals surface area (Å²) in [5.41, 5.74) is 4.30. The molecule has 104 valence electrons. The predicted molar refractivity (Wildman–Crippen MR) is 85.6 cm³/mol. The molecule has 0 radical (unpaired) electrons. The number of fused-ring (bicyclic) bond motifs is 2.